The maximum Gasteiger partial charge on any atom is 0.573 e. The summed E-state index contributed by atoms with van der Waals surface area (Å²) in [4.78, 5) is 21.6. The minimum Gasteiger partial charge on any atom is -0.406 e. The lowest BCUT2D eigenvalue weighted by Gasteiger charge is -2.47. The Balaban J connectivity index is 1.60. The molecule has 0 bridgehead atoms. The topological polar surface area (TPSA) is 74.4 Å². The monoisotopic (exact) mass is 485 g/mol. The Morgan fingerprint density at radius 2 is 1.80 bits per heavy atom. The van der Waals surface area contributed by atoms with Crippen molar-refractivity contribution in [2.75, 3.05) is 18.0 Å². The van der Waals surface area contributed by atoms with Gasteiger partial charge in [-0.3, -0.25) is 9.69 Å². The second-order valence-corrected chi connectivity index (χ2v) is 8.94. The number of ether oxygens (including phenoxy) is 1. The first-order valence-electron chi connectivity index (χ1n) is 11.3. The van der Waals surface area contributed by atoms with E-state index in [9.17, 15) is 23.2 Å². The number of pyridine rings is 2. The molecule has 0 N–H and O–H groups in total. The highest BCUT2D eigenvalue weighted by Crippen LogP contribution is 2.33. The molecule has 3 aromatic rings. The van der Waals surface area contributed by atoms with Crippen LogP contribution in [-0.2, 0) is 7.05 Å². The first kappa shape index (κ1) is 24.5. The summed E-state index contributed by atoms with van der Waals surface area (Å²) in [7, 11) is 1.68. The van der Waals surface area contributed by atoms with E-state index in [1.165, 1.54) is 16.7 Å². The van der Waals surface area contributed by atoms with E-state index in [0.29, 0.717) is 29.8 Å². The van der Waals surface area contributed by atoms with Crippen LogP contribution in [-0.4, -0.2) is 46.0 Å². The molecule has 0 aliphatic carbocycles. The standard InChI is InChI=1S/C25H26F3N5O2/c1-15-14-33(22-11-23(34)31(4)21-10-7-19(12-29)30-24(21)22)16(2)13-32(15)17(3)18-5-8-20(9-6-18)35-25(26,27)28/h5-11,15-17H,13-14H2,1-4H3/t15-,16+,17?/m1/s1. The lowest BCUT2D eigenvalue weighted by atomic mass is 10.00. The van der Waals surface area contributed by atoms with E-state index in [1.54, 1.807) is 37.4 Å². The molecule has 1 aliphatic heterocycles. The van der Waals surface area contributed by atoms with Crippen molar-refractivity contribution in [3.05, 3.63) is 64.1 Å². The van der Waals surface area contributed by atoms with Crippen molar-refractivity contribution in [1.82, 2.24) is 14.5 Å². The molecule has 0 saturated carbocycles. The molecule has 35 heavy (non-hydrogen) atoms. The largest absolute Gasteiger partial charge is 0.573 e. The van der Waals surface area contributed by atoms with E-state index in [1.807, 2.05) is 6.92 Å². The van der Waals surface area contributed by atoms with Gasteiger partial charge in [0.25, 0.3) is 5.56 Å². The molecular formula is C25H26F3N5O2. The first-order valence-corrected chi connectivity index (χ1v) is 11.3. The van der Waals surface area contributed by atoms with Crippen molar-refractivity contribution in [2.24, 2.45) is 7.05 Å². The molecule has 0 radical (unpaired) electrons. The zero-order chi connectivity index (χ0) is 25.5. The molecule has 3 atom stereocenters. The van der Waals surface area contributed by atoms with Gasteiger partial charge in [0.15, 0.2) is 0 Å². The van der Waals surface area contributed by atoms with Crippen molar-refractivity contribution in [1.29, 1.82) is 5.26 Å². The van der Waals surface area contributed by atoms with Gasteiger partial charge in [0.2, 0.25) is 0 Å². The van der Waals surface area contributed by atoms with Gasteiger partial charge in [-0.2, -0.15) is 5.26 Å². The van der Waals surface area contributed by atoms with Crippen molar-refractivity contribution in [3.63, 3.8) is 0 Å². The lowest BCUT2D eigenvalue weighted by Crippen LogP contribution is -2.57. The first-order chi connectivity index (χ1) is 16.5. The van der Waals surface area contributed by atoms with E-state index in [0.717, 1.165) is 5.56 Å². The average molecular weight is 486 g/mol. The summed E-state index contributed by atoms with van der Waals surface area (Å²) in [6.45, 7) is 7.43. The molecule has 1 aliphatic rings. The second-order valence-electron chi connectivity index (χ2n) is 8.94. The third-order valence-electron chi connectivity index (χ3n) is 6.62. The minimum atomic E-state index is -4.72. The van der Waals surface area contributed by atoms with Crippen LogP contribution in [0.25, 0.3) is 11.0 Å². The number of anilines is 1. The lowest BCUT2D eigenvalue weighted by molar-refractivity contribution is -0.274. The highest BCUT2D eigenvalue weighted by Gasteiger charge is 2.34. The molecular weight excluding hydrogens is 459 g/mol. The molecule has 10 heteroatoms. The summed E-state index contributed by atoms with van der Waals surface area (Å²) in [5.41, 5.74) is 2.96. The molecule has 7 nitrogen and oxygen atoms in total. The summed E-state index contributed by atoms with van der Waals surface area (Å²) in [5.74, 6) is -0.249. The van der Waals surface area contributed by atoms with Gasteiger partial charge < -0.3 is 14.2 Å². The zero-order valence-corrected chi connectivity index (χ0v) is 19.9. The molecule has 4 rings (SSSR count). The highest BCUT2D eigenvalue weighted by molar-refractivity contribution is 5.89. The van der Waals surface area contributed by atoms with Crippen molar-refractivity contribution in [2.45, 2.75) is 45.3 Å². The number of benzene rings is 1. The third kappa shape index (κ3) is 4.95. The molecule has 2 aromatic heterocycles. The van der Waals surface area contributed by atoms with E-state index < -0.39 is 6.36 Å². The number of aromatic nitrogens is 2. The number of aryl methyl sites for hydroxylation is 1. The Hall–Kier alpha value is -3.58. The van der Waals surface area contributed by atoms with Gasteiger partial charge in [0, 0.05) is 44.3 Å². The third-order valence-corrected chi connectivity index (χ3v) is 6.62. The highest BCUT2D eigenvalue weighted by atomic mass is 19.4. The van der Waals surface area contributed by atoms with Gasteiger partial charge in [-0.05, 0) is 50.6 Å². The van der Waals surface area contributed by atoms with Gasteiger partial charge >= 0.3 is 6.36 Å². The number of hydrogen-bond donors (Lipinski definition) is 0. The van der Waals surface area contributed by atoms with Crippen LogP contribution in [0.2, 0.25) is 0 Å². The number of hydrogen-bond acceptors (Lipinski definition) is 6. The van der Waals surface area contributed by atoms with Crippen LogP contribution in [0, 0.1) is 11.3 Å². The molecule has 0 amide bonds. The van der Waals surface area contributed by atoms with Crippen LogP contribution in [0.15, 0.2) is 47.3 Å². The van der Waals surface area contributed by atoms with E-state index in [4.69, 9.17) is 0 Å². The second kappa shape index (κ2) is 9.23. The van der Waals surface area contributed by atoms with Crippen LogP contribution in [0.3, 0.4) is 0 Å². The van der Waals surface area contributed by atoms with Crippen LogP contribution in [0.1, 0.15) is 38.1 Å². The number of fused-ring (bicyclic) bond motifs is 1. The number of alkyl halides is 3. The predicted molar refractivity (Wildman–Crippen MR) is 126 cm³/mol. The molecule has 1 unspecified atom stereocenters. The van der Waals surface area contributed by atoms with Crippen molar-refractivity contribution < 1.29 is 17.9 Å². The Labute approximate surface area is 201 Å². The maximum atomic E-state index is 12.7. The van der Waals surface area contributed by atoms with Crippen LogP contribution < -0.4 is 15.2 Å². The summed E-state index contributed by atoms with van der Waals surface area (Å²) < 4.78 is 42.9. The maximum absolute atomic E-state index is 12.7. The molecule has 1 saturated heterocycles. The Morgan fingerprint density at radius 3 is 2.43 bits per heavy atom. The van der Waals surface area contributed by atoms with Crippen LogP contribution in [0.5, 0.6) is 5.75 Å². The average Bonchev–Trinajstić information content (AvgIpc) is 2.81. The van der Waals surface area contributed by atoms with E-state index >= 15 is 0 Å². The Morgan fingerprint density at radius 1 is 1.11 bits per heavy atom. The van der Waals surface area contributed by atoms with Crippen molar-refractivity contribution >= 4 is 16.7 Å². The summed E-state index contributed by atoms with van der Waals surface area (Å²) in [6.07, 6.45) is -4.72. The normalized spacial score (nSPS) is 20.0. The summed E-state index contributed by atoms with van der Waals surface area (Å²) >= 11 is 0. The molecule has 0 spiro atoms. The fourth-order valence-electron chi connectivity index (χ4n) is 4.76. The number of piperazine rings is 1. The minimum absolute atomic E-state index is 0.0179. The quantitative estimate of drug-likeness (QED) is 0.547. The smallest absolute Gasteiger partial charge is 0.406 e. The fraction of sp³-hybridized carbons (Fsp3) is 0.400. The summed E-state index contributed by atoms with van der Waals surface area (Å²) in [6, 6.07) is 13.0. The van der Waals surface area contributed by atoms with Gasteiger partial charge in [0.1, 0.15) is 23.0 Å². The van der Waals surface area contributed by atoms with Crippen molar-refractivity contribution in [3.8, 4) is 11.8 Å². The van der Waals surface area contributed by atoms with Gasteiger partial charge in [-0.1, -0.05) is 12.1 Å². The number of nitrogens with zero attached hydrogens (tertiary/aromatic N) is 5. The van der Waals surface area contributed by atoms with Crippen LogP contribution >= 0.6 is 0 Å². The number of halogens is 3. The SMILES string of the molecule is CC(c1ccc(OC(F)(F)F)cc1)N1C[C@H](C)N(c2cc(=O)n(C)c3ccc(C#N)nc23)C[C@H]1C. The van der Waals surface area contributed by atoms with E-state index in [2.05, 4.69) is 39.4 Å². The molecule has 1 fully saturated rings. The zero-order valence-electron chi connectivity index (χ0n) is 19.9. The summed E-state index contributed by atoms with van der Waals surface area (Å²) in [5, 5.41) is 9.33. The molecule has 184 valence electrons. The Kier molecular flexibility index (Phi) is 6.47. The molecule has 1 aromatic carbocycles. The van der Waals surface area contributed by atoms with Gasteiger partial charge in [0.05, 0.1) is 11.2 Å². The Bertz CT molecular complexity index is 1330. The van der Waals surface area contributed by atoms with Gasteiger partial charge in [-0.25, -0.2) is 4.98 Å². The number of nitriles is 1. The molecule has 3 heterocycles. The van der Waals surface area contributed by atoms with E-state index in [-0.39, 0.29) is 35.1 Å². The van der Waals surface area contributed by atoms with Gasteiger partial charge in [-0.15, -0.1) is 13.2 Å². The fourth-order valence-corrected chi connectivity index (χ4v) is 4.76. The number of rotatable bonds is 4. The van der Waals surface area contributed by atoms with Crippen LogP contribution in [0.4, 0.5) is 18.9 Å². The predicted octanol–water partition coefficient (Wildman–Crippen LogP) is 4.36.